The van der Waals surface area contributed by atoms with Gasteiger partial charge < -0.3 is 0 Å². The van der Waals surface area contributed by atoms with Crippen molar-refractivity contribution in [2.75, 3.05) is 6.26 Å². The fourth-order valence-electron chi connectivity index (χ4n) is 1.37. The second-order valence-electron chi connectivity index (χ2n) is 3.46. The van der Waals surface area contributed by atoms with E-state index < -0.39 is 0 Å². The molecule has 1 rings (SSSR count). The number of hydrogen-bond acceptors (Lipinski definition) is 1. The number of unbranched alkanes of at least 4 members (excludes halogenated alkanes) is 3. The molecule has 1 aromatic carbocycles. The average Bonchev–Trinajstić information content (AvgIpc) is 2.29. The fraction of sp³-hybridized carbons (Fsp3) is 0.429. The standard InChI is InChI=1S/C14H18S/c1-3-4-5-6-7-10-13-11-8-9-12-14(13)15-2/h8-9,11-12H,3-6H2,1-2H3. The van der Waals surface area contributed by atoms with Crippen molar-refractivity contribution < 1.29 is 0 Å². The minimum absolute atomic E-state index is 1.02. The van der Waals surface area contributed by atoms with Gasteiger partial charge in [0.05, 0.1) is 0 Å². The average molecular weight is 218 g/mol. The molecule has 0 aliphatic carbocycles. The van der Waals surface area contributed by atoms with Crippen LogP contribution in [-0.4, -0.2) is 6.26 Å². The lowest BCUT2D eigenvalue weighted by atomic mass is 10.2. The van der Waals surface area contributed by atoms with E-state index in [-0.39, 0.29) is 0 Å². The monoisotopic (exact) mass is 218 g/mol. The molecule has 0 fully saturated rings. The third-order valence-corrected chi connectivity index (χ3v) is 3.03. The highest BCUT2D eigenvalue weighted by atomic mass is 32.2. The highest BCUT2D eigenvalue weighted by Crippen LogP contribution is 2.18. The topological polar surface area (TPSA) is 0 Å². The van der Waals surface area contributed by atoms with E-state index in [9.17, 15) is 0 Å². The maximum Gasteiger partial charge on any atom is 0.0381 e. The molecule has 0 radical (unpaired) electrons. The molecule has 0 atom stereocenters. The van der Waals surface area contributed by atoms with E-state index in [0.29, 0.717) is 0 Å². The third kappa shape index (κ3) is 4.44. The predicted octanol–water partition coefficient (Wildman–Crippen LogP) is 4.34. The van der Waals surface area contributed by atoms with Gasteiger partial charge in [0.25, 0.3) is 0 Å². The second-order valence-corrected chi connectivity index (χ2v) is 4.31. The number of hydrogen-bond donors (Lipinski definition) is 0. The summed E-state index contributed by atoms with van der Waals surface area (Å²) < 4.78 is 0. The number of rotatable bonds is 4. The summed E-state index contributed by atoms with van der Waals surface area (Å²) in [4.78, 5) is 1.28. The molecule has 1 aromatic rings. The zero-order valence-electron chi connectivity index (χ0n) is 9.55. The Hall–Kier alpha value is -0.870. The van der Waals surface area contributed by atoms with Gasteiger partial charge in [0.2, 0.25) is 0 Å². The van der Waals surface area contributed by atoms with Gasteiger partial charge in [-0.2, -0.15) is 0 Å². The largest absolute Gasteiger partial charge is 0.128 e. The van der Waals surface area contributed by atoms with Crippen molar-refractivity contribution in [3.05, 3.63) is 29.8 Å². The summed E-state index contributed by atoms with van der Waals surface area (Å²) in [6, 6.07) is 8.34. The molecule has 0 unspecified atom stereocenters. The van der Waals surface area contributed by atoms with Crippen LogP contribution >= 0.6 is 11.8 Å². The molecular formula is C14H18S. The normalized spacial score (nSPS) is 9.47. The van der Waals surface area contributed by atoms with E-state index in [0.717, 1.165) is 6.42 Å². The van der Waals surface area contributed by atoms with E-state index in [1.807, 2.05) is 0 Å². The van der Waals surface area contributed by atoms with Crippen LogP contribution in [0.1, 0.15) is 38.2 Å². The van der Waals surface area contributed by atoms with Crippen molar-refractivity contribution in [2.45, 2.75) is 37.5 Å². The first-order valence-electron chi connectivity index (χ1n) is 5.50. The Morgan fingerprint density at radius 2 is 2.00 bits per heavy atom. The smallest absolute Gasteiger partial charge is 0.0381 e. The lowest BCUT2D eigenvalue weighted by molar-refractivity contribution is 0.737. The molecule has 0 amide bonds. The maximum absolute atomic E-state index is 3.25. The molecule has 0 bridgehead atoms. The van der Waals surface area contributed by atoms with Gasteiger partial charge in [-0.3, -0.25) is 0 Å². The highest BCUT2D eigenvalue weighted by Gasteiger charge is 1.94. The molecule has 0 nitrogen and oxygen atoms in total. The van der Waals surface area contributed by atoms with Crippen LogP contribution in [0.2, 0.25) is 0 Å². The summed E-state index contributed by atoms with van der Waals surface area (Å²) in [7, 11) is 0. The molecule has 0 spiro atoms. The van der Waals surface area contributed by atoms with Crippen LogP contribution in [0.4, 0.5) is 0 Å². The van der Waals surface area contributed by atoms with Crippen LogP contribution < -0.4 is 0 Å². The predicted molar refractivity (Wildman–Crippen MR) is 69.2 cm³/mol. The van der Waals surface area contributed by atoms with Crippen molar-refractivity contribution in [3.8, 4) is 11.8 Å². The van der Waals surface area contributed by atoms with E-state index in [1.165, 1.54) is 29.7 Å². The lowest BCUT2D eigenvalue weighted by Crippen LogP contribution is -1.79. The zero-order chi connectivity index (χ0) is 10.9. The molecular weight excluding hydrogens is 200 g/mol. The highest BCUT2D eigenvalue weighted by molar-refractivity contribution is 7.98. The Kier molecular flexibility index (Phi) is 6.04. The Morgan fingerprint density at radius 1 is 1.20 bits per heavy atom. The number of thioether (sulfide) groups is 1. The first kappa shape index (κ1) is 12.2. The van der Waals surface area contributed by atoms with Gasteiger partial charge >= 0.3 is 0 Å². The molecule has 0 aliphatic rings. The van der Waals surface area contributed by atoms with Crippen LogP contribution in [0.3, 0.4) is 0 Å². The van der Waals surface area contributed by atoms with E-state index in [1.54, 1.807) is 11.8 Å². The molecule has 0 aromatic heterocycles. The quantitative estimate of drug-likeness (QED) is 0.411. The first-order chi connectivity index (χ1) is 7.38. The van der Waals surface area contributed by atoms with Gasteiger partial charge in [0, 0.05) is 16.9 Å². The third-order valence-electron chi connectivity index (χ3n) is 2.24. The van der Waals surface area contributed by atoms with Gasteiger partial charge in [-0.05, 0) is 24.8 Å². The van der Waals surface area contributed by atoms with Crippen LogP contribution in [0, 0.1) is 11.8 Å². The van der Waals surface area contributed by atoms with Crippen molar-refractivity contribution in [1.29, 1.82) is 0 Å². The summed E-state index contributed by atoms with van der Waals surface area (Å²) in [5, 5.41) is 0. The van der Waals surface area contributed by atoms with Crippen LogP contribution in [0.5, 0.6) is 0 Å². The van der Waals surface area contributed by atoms with Gasteiger partial charge in [0.15, 0.2) is 0 Å². The Labute approximate surface area is 97.5 Å². The van der Waals surface area contributed by atoms with Gasteiger partial charge in [-0.15, -0.1) is 11.8 Å². The van der Waals surface area contributed by atoms with Crippen molar-refractivity contribution >= 4 is 11.8 Å². The van der Waals surface area contributed by atoms with Gasteiger partial charge in [-0.1, -0.05) is 43.7 Å². The van der Waals surface area contributed by atoms with Crippen LogP contribution in [-0.2, 0) is 0 Å². The lowest BCUT2D eigenvalue weighted by Gasteiger charge is -1.98. The molecule has 0 saturated heterocycles. The minimum Gasteiger partial charge on any atom is -0.128 e. The SMILES string of the molecule is CCCCCC#Cc1ccccc1SC. The summed E-state index contributed by atoms with van der Waals surface area (Å²) in [6.45, 7) is 2.22. The molecule has 80 valence electrons. The Bertz CT molecular complexity index is 344. The Balaban J connectivity index is 2.55. The summed E-state index contributed by atoms with van der Waals surface area (Å²) >= 11 is 1.76. The fourth-order valence-corrected chi connectivity index (χ4v) is 1.92. The second kappa shape index (κ2) is 7.43. The summed E-state index contributed by atoms with van der Waals surface area (Å²) in [5.41, 5.74) is 1.17. The van der Waals surface area contributed by atoms with Crippen LogP contribution in [0.25, 0.3) is 0 Å². The van der Waals surface area contributed by atoms with Gasteiger partial charge in [-0.25, -0.2) is 0 Å². The summed E-state index contributed by atoms with van der Waals surface area (Å²) in [6.07, 6.45) is 6.90. The number of benzene rings is 1. The molecule has 0 aliphatic heterocycles. The minimum atomic E-state index is 1.02. The van der Waals surface area contributed by atoms with Crippen molar-refractivity contribution in [1.82, 2.24) is 0 Å². The first-order valence-corrected chi connectivity index (χ1v) is 6.73. The maximum atomic E-state index is 3.25. The van der Waals surface area contributed by atoms with Crippen LogP contribution in [0.15, 0.2) is 29.2 Å². The Morgan fingerprint density at radius 3 is 2.73 bits per heavy atom. The summed E-state index contributed by atoms with van der Waals surface area (Å²) in [5.74, 6) is 6.50. The van der Waals surface area contributed by atoms with E-state index >= 15 is 0 Å². The molecule has 0 N–H and O–H groups in total. The molecule has 15 heavy (non-hydrogen) atoms. The molecule has 1 heteroatoms. The van der Waals surface area contributed by atoms with Crippen molar-refractivity contribution in [3.63, 3.8) is 0 Å². The van der Waals surface area contributed by atoms with Crippen molar-refractivity contribution in [2.24, 2.45) is 0 Å². The van der Waals surface area contributed by atoms with E-state index in [2.05, 4.69) is 49.3 Å². The van der Waals surface area contributed by atoms with Gasteiger partial charge in [0.1, 0.15) is 0 Å². The molecule has 0 saturated carbocycles. The zero-order valence-corrected chi connectivity index (χ0v) is 10.4. The molecule has 0 heterocycles. The van der Waals surface area contributed by atoms with E-state index in [4.69, 9.17) is 0 Å².